The standard InChI is InChI=1S/C18H22ClNO/c1-2-20-12-11-16-5-3-4-6-17(16)14-21-13-15-7-9-18(19)10-8-15/h3-10,20H,2,11-14H2,1H3. The van der Waals surface area contributed by atoms with Gasteiger partial charge in [-0.05, 0) is 48.3 Å². The summed E-state index contributed by atoms with van der Waals surface area (Å²) in [6.07, 6.45) is 1.04. The Hall–Kier alpha value is -1.35. The van der Waals surface area contributed by atoms with Gasteiger partial charge in [0.15, 0.2) is 0 Å². The third-order valence-electron chi connectivity index (χ3n) is 3.38. The van der Waals surface area contributed by atoms with Crippen molar-refractivity contribution < 1.29 is 4.74 Å². The van der Waals surface area contributed by atoms with E-state index in [2.05, 4.69) is 36.5 Å². The average Bonchev–Trinajstić information content (AvgIpc) is 2.51. The molecular weight excluding hydrogens is 282 g/mol. The summed E-state index contributed by atoms with van der Waals surface area (Å²) in [6.45, 7) is 5.39. The van der Waals surface area contributed by atoms with Crippen LogP contribution in [0.2, 0.25) is 5.02 Å². The van der Waals surface area contributed by atoms with Gasteiger partial charge < -0.3 is 10.1 Å². The van der Waals surface area contributed by atoms with E-state index in [1.54, 1.807) is 0 Å². The highest BCUT2D eigenvalue weighted by molar-refractivity contribution is 6.30. The van der Waals surface area contributed by atoms with E-state index in [0.29, 0.717) is 13.2 Å². The number of hydrogen-bond acceptors (Lipinski definition) is 2. The number of rotatable bonds is 8. The van der Waals surface area contributed by atoms with Crippen molar-refractivity contribution in [3.63, 3.8) is 0 Å². The van der Waals surface area contributed by atoms with Gasteiger partial charge in [0, 0.05) is 5.02 Å². The minimum Gasteiger partial charge on any atom is -0.372 e. The van der Waals surface area contributed by atoms with Crippen LogP contribution in [0.1, 0.15) is 23.6 Å². The molecule has 2 nitrogen and oxygen atoms in total. The summed E-state index contributed by atoms with van der Waals surface area (Å²) in [5.41, 5.74) is 3.77. The number of halogens is 1. The maximum Gasteiger partial charge on any atom is 0.0724 e. The van der Waals surface area contributed by atoms with Crippen molar-refractivity contribution in [2.75, 3.05) is 13.1 Å². The lowest BCUT2D eigenvalue weighted by Crippen LogP contribution is -2.16. The lowest BCUT2D eigenvalue weighted by molar-refractivity contribution is 0.106. The molecule has 0 aliphatic rings. The van der Waals surface area contributed by atoms with Gasteiger partial charge in [-0.15, -0.1) is 0 Å². The first-order valence-electron chi connectivity index (χ1n) is 7.39. The second kappa shape index (κ2) is 8.83. The van der Waals surface area contributed by atoms with Crippen LogP contribution in [0.3, 0.4) is 0 Å². The highest BCUT2D eigenvalue weighted by Gasteiger charge is 2.02. The fraction of sp³-hybridized carbons (Fsp3) is 0.333. The molecule has 0 unspecified atom stereocenters. The van der Waals surface area contributed by atoms with Crippen molar-refractivity contribution in [2.24, 2.45) is 0 Å². The molecule has 0 aromatic heterocycles. The third kappa shape index (κ3) is 5.50. The molecule has 0 heterocycles. The highest BCUT2D eigenvalue weighted by Crippen LogP contribution is 2.14. The SMILES string of the molecule is CCNCCc1ccccc1COCc1ccc(Cl)cc1. The topological polar surface area (TPSA) is 21.3 Å². The Labute approximate surface area is 132 Å². The molecule has 0 saturated carbocycles. The number of ether oxygens (including phenoxy) is 1. The molecule has 0 radical (unpaired) electrons. The minimum atomic E-state index is 0.610. The molecule has 3 heteroatoms. The fourth-order valence-electron chi connectivity index (χ4n) is 2.20. The molecule has 1 N–H and O–H groups in total. The van der Waals surface area contributed by atoms with Gasteiger partial charge in [0.05, 0.1) is 13.2 Å². The van der Waals surface area contributed by atoms with Crippen LogP contribution in [0.4, 0.5) is 0 Å². The van der Waals surface area contributed by atoms with E-state index >= 15 is 0 Å². The van der Waals surface area contributed by atoms with E-state index in [9.17, 15) is 0 Å². The number of benzene rings is 2. The van der Waals surface area contributed by atoms with Crippen LogP contribution in [0.15, 0.2) is 48.5 Å². The molecule has 21 heavy (non-hydrogen) atoms. The first kappa shape index (κ1) is 16.0. The van der Waals surface area contributed by atoms with Crippen LogP contribution in [0, 0.1) is 0 Å². The molecule has 2 aromatic rings. The van der Waals surface area contributed by atoms with Crippen LogP contribution < -0.4 is 5.32 Å². The van der Waals surface area contributed by atoms with E-state index in [-0.39, 0.29) is 0 Å². The molecule has 2 rings (SSSR count). The average molecular weight is 304 g/mol. The van der Waals surface area contributed by atoms with Gasteiger partial charge in [-0.25, -0.2) is 0 Å². The van der Waals surface area contributed by atoms with Crippen molar-refractivity contribution in [2.45, 2.75) is 26.6 Å². The largest absolute Gasteiger partial charge is 0.372 e. The van der Waals surface area contributed by atoms with Gasteiger partial charge in [0.25, 0.3) is 0 Å². The van der Waals surface area contributed by atoms with E-state index in [1.807, 2.05) is 24.3 Å². The Balaban J connectivity index is 1.86. The second-order valence-corrected chi connectivity index (χ2v) is 5.43. The number of nitrogens with one attached hydrogen (secondary N) is 1. The quantitative estimate of drug-likeness (QED) is 0.738. The van der Waals surface area contributed by atoms with E-state index in [1.165, 1.54) is 11.1 Å². The molecule has 0 saturated heterocycles. The van der Waals surface area contributed by atoms with Gasteiger partial charge in [-0.1, -0.05) is 54.9 Å². The molecular formula is C18H22ClNO. The Bertz CT molecular complexity index is 539. The van der Waals surface area contributed by atoms with Gasteiger partial charge in [0.1, 0.15) is 0 Å². The van der Waals surface area contributed by atoms with Crippen molar-refractivity contribution in [1.82, 2.24) is 5.32 Å². The minimum absolute atomic E-state index is 0.610. The van der Waals surface area contributed by atoms with Gasteiger partial charge >= 0.3 is 0 Å². The van der Waals surface area contributed by atoms with Gasteiger partial charge in [-0.2, -0.15) is 0 Å². The normalized spacial score (nSPS) is 10.8. The molecule has 0 bridgehead atoms. The van der Waals surface area contributed by atoms with E-state index in [0.717, 1.165) is 30.1 Å². The summed E-state index contributed by atoms with van der Waals surface area (Å²) < 4.78 is 5.83. The Kier molecular flexibility index (Phi) is 6.74. The lowest BCUT2D eigenvalue weighted by Gasteiger charge is -2.10. The Morgan fingerprint density at radius 1 is 0.952 bits per heavy atom. The first-order chi connectivity index (χ1) is 10.3. The molecule has 0 spiro atoms. The maximum atomic E-state index is 5.88. The second-order valence-electron chi connectivity index (χ2n) is 4.99. The summed E-state index contributed by atoms with van der Waals surface area (Å²) in [7, 11) is 0. The highest BCUT2D eigenvalue weighted by atomic mass is 35.5. The zero-order chi connectivity index (χ0) is 14.9. The summed E-state index contributed by atoms with van der Waals surface area (Å²) in [4.78, 5) is 0. The molecule has 0 aliphatic heterocycles. The molecule has 0 atom stereocenters. The lowest BCUT2D eigenvalue weighted by atomic mass is 10.1. The Morgan fingerprint density at radius 3 is 2.38 bits per heavy atom. The first-order valence-corrected chi connectivity index (χ1v) is 7.77. The van der Waals surface area contributed by atoms with Crippen LogP contribution in [0.25, 0.3) is 0 Å². The molecule has 0 fully saturated rings. The van der Waals surface area contributed by atoms with Crippen molar-refractivity contribution in [3.05, 3.63) is 70.2 Å². The van der Waals surface area contributed by atoms with E-state index < -0.39 is 0 Å². The predicted octanol–water partition coefficient (Wildman–Crippen LogP) is 4.21. The number of likely N-dealkylation sites (N-methyl/N-ethyl adjacent to an activating group) is 1. The summed E-state index contributed by atoms with van der Waals surface area (Å²) in [6, 6.07) is 16.3. The van der Waals surface area contributed by atoms with E-state index in [4.69, 9.17) is 16.3 Å². The summed E-state index contributed by atoms with van der Waals surface area (Å²) in [5.74, 6) is 0. The fourth-order valence-corrected chi connectivity index (χ4v) is 2.33. The number of hydrogen-bond donors (Lipinski definition) is 1. The molecule has 0 aliphatic carbocycles. The molecule has 2 aromatic carbocycles. The maximum absolute atomic E-state index is 5.88. The van der Waals surface area contributed by atoms with Crippen molar-refractivity contribution in [3.8, 4) is 0 Å². The third-order valence-corrected chi connectivity index (χ3v) is 3.63. The monoisotopic (exact) mass is 303 g/mol. The summed E-state index contributed by atoms with van der Waals surface area (Å²) >= 11 is 5.88. The van der Waals surface area contributed by atoms with Crippen molar-refractivity contribution >= 4 is 11.6 Å². The van der Waals surface area contributed by atoms with Gasteiger partial charge in [0.2, 0.25) is 0 Å². The molecule has 0 amide bonds. The zero-order valence-electron chi connectivity index (χ0n) is 12.4. The van der Waals surface area contributed by atoms with Crippen LogP contribution >= 0.6 is 11.6 Å². The van der Waals surface area contributed by atoms with Crippen molar-refractivity contribution in [1.29, 1.82) is 0 Å². The predicted molar refractivity (Wildman–Crippen MR) is 88.6 cm³/mol. The van der Waals surface area contributed by atoms with Gasteiger partial charge in [-0.3, -0.25) is 0 Å². The zero-order valence-corrected chi connectivity index (χ0v) is 13.2. The van der Waals surface area contributed by atoms with Crippen LogP contribution in [-0.2, 0) is 24.4 Å². The van der Waals surface area contributed by atoms with Crippen LogP contribution in [-0.4, -0.2) is 13.1 Å². The molecule has 112 valence electrons. The summed E-state index contributed by atoms with van der Waals surface area (Å²) in [5, 5.41) is 4.11. The smallest absolute Gasteiger partial charge is 0.0724 e. The Morgan fingerprint density at radius 2 is 1.67 bits per heavy atom. The van der Waals surface area contributed by atoms with Crippen LogP contribution in [0.5, 0.6) is 0 Å².